The van der Waals surface area contributed by atoms with Crippen LogP contribution < -0.4 is 9.47 Å². The molecule has 1 saturated heterocycles. The Morgan fingerprint density at radius 1 is 0.972 bits per heavy atom. The van der Waals surface area contributed by atoms with E-state index < -0.39 is 55.3 Å². The van der Waals surface area contributed by atoms with Gasteiger partial charge < -0.3 is 54.7 Å². The predicted molar refractivity (Wildman–Crippen MR) is 124 cm³/mol. The average Bonchev–Trinajstić information content (AvgIpc) is 2.86. The highest BCUT2D eigenvalue weighted by Crippen LogP contribution is 2.49. The van der Waals surface area contributed by atoms with E-state index in [0.29, 0.717) is 16.7 Å². The SMILES string of the molecule is COc1cc(C2c3cc(O)c(OC)cc3CC(O)(COC3OCC(O)C(O)C3O)C2CO)ccc1O. The van der Waals surface area contributed by atoms with Gasteiger partial charge in [-0.2, -0.15) is 0 Å². The molecule has 0 amide bonds. The molecule has 198 valence electrons. The summed E-state index contributed by atoms with van der Waals surface area (Å²) in [7, 11) is 2.80. The van der Waals surface area contributed by atoms with Gasteiger partial charge in [0.1, 0.15) is 18.3 Å². The van der Waals surface area contributed by atoms with Crippen molar-refractivity contribution in [2.75, 3.05) is 34.0 Å². The molecule has 11 heteroatoms. The minimum absolute atomic E-state index is 0.00388. The van der Waals surface area contributed by atoms with Crippen molar-refractivity contribution in [2.24, 2.45) is 5.92 Å². The van der Waals surface area contributed by atoms with E-state index in [1.54, 1.807) is 18.2 Å². The molecule has 7 unspecified atom stereocenters. The van der Waals surface area contributed by atoms with Crippen LogP contribution in [0.15, 0.2) is 30.3 Å². The molecule has 7 N–H and O–H groups in total. The first kappa shape index (κ1) is 26.4. The first-order chi connectivity index (χ1) is 17.1. The lowest BCUT2D eigenvalue weighted by atomic mass is 9.64. The topological polar surface area (TPSA) is 179 Å². The summed E-state index contributed by atoms with van der Waals surface area (Å²) in [5.74, 6) is -1.33. The molecule has 0 bridgehead atoms. The molecule has 0 aromatic heterocycles. The smallest absolute Gasteiger partial charge is 0.186 e. The number of aliphatic hydroxyl groups excluding tert-OH is 4. The first-order valence-electron chi connectivity index (χ1n) is 11.5. The monoisotopic (exact) mass is 508 g/mol. The molecular formula is C25H32O11. The van der Waals surface area contributed by atoms with Crippen molar-refractivity contribution in [3.8, 4) is 23.0 Å². The summed E-state index contributed by atoms with van der Waals surface area (Å²) in [5.41, 5.74) is 0.166. The maximum Gasteiger partial charge on any atom is 0.186 e. The van der Waals surface area contributed by atoms with Crippen LogP contribution in [0.25, 0.3) is 0 Å². The largest absolute Gasteiger partial charge is 0.504 e. The summed E-state index contributed by atoms with van der Waals surface area (Å²) in [6, 6.07) is 7.78. The van der Waals surface area contributed by atoms with Crippen molar-refractivity contribution >= 4 is 0 Å². The maximum atomic E-state index is 11.8. The second-order valence-electron chi connectivity index (χ2n) is 9.26. The van der Waals surface area contributed by atoms with Gasteiger partial charge in [-0.1, -0.05) is 6.07 Å². The minimum Gasteiger partial charge on any atom is -0.504 e. The van der Waals surface area contributed by atoms with Crippen molar-refractivity contribution in [3.05, 3.63) is 47.0 Å². The summed E-state index contributed by atoms with van der Waals surface area (Å²) < 4.78 is 21.5. The van der Waals surface area contributed by atoms with Gasteiger partial charge in [-0.25, -0.2) is 0 Å². The molecule has 1 heterocycles. The van der Waals surface area contributed by atoms with Gasteiger partial charge in [0.15, 0.2) is 29.3 Å². The van der Waals surface area contributed by atoms with Crippen molar-refractivity contribution in [2.45, 2.75) is 42.5 Å². The van der Waals surface area contributed by atoms with Crippen molar-refractivity contribution in [1.82, 2.24) is 0 Å². The van der Waals surface area contributed by atoms with Crippen molar-refractivity contribution in [3.63, 3.8) is 0 Å². The summed E-state index contributed by atoms with van der Waals surface area (Å²) in [4.78, 5) is 0. The minimum atomic E-state index is -1.69. The predicted octanol–water partition coefficient (Wildman–Crippen LogP) is -0.402. The van der Waals surface area contributed by atoms with Crippen molar-refractivity contribution in [1.29, 1.82) is 0 Å². The summed E-state index contributed by atoms with van der Waals surface area (Å²) >= 11 is 0. The van der Waals surface area contributed by atoms with Crippen LogP contribution in [0.3, 0.4) is 0 Å². The zero-order valence-corrected chi connectivity index (χ0v) is 19.9. The molecule has 2 aromatic carbocycles. The Bertz CT molecular complexity index is 1080. The van der Waals surface area contributed by atoms with E-state index in [4.69, 9.17) is 18.9 Å². The van der Waals surface area contributed by atoms with E-state index in [0.717, 1.165) is 0 Å². The lowest BCUT2D eigenvalue weighted by molar-refractivity contribution is -0.283. The Labute approximate surface area is 207 Å². The average molecular weight is 509 g/mol. The van der Waals surface area contributed by atoms with E-state index in [1.165, 1.54) is 26.4 Å². The number of hydrogen-bond acceptors (Lipinski definition) is 11. The zero-order chi connectivity index (χ0) is 26.2. The third-order valence-corrected chi connectivity index (χ3v) is 7.08. The van der Waals surface area contributed by atoms with Gasteiger partial charge in [-0.3, -0.25) is 0 Å². The molecule has 0 spiro atoms. The molecule has 1 aliphatic carbocycles. The van der Waals surface area contributed by atoms with Gasteiger partial charge in [0.25, 0.3) is 0 Å². The molecule has 11 nitrogen and oxygen atoms in total. The van der Waals surface area contributed by atoms with Gasteiger partial charge in [-0.15, -0.1) is 0 Å². The van der Waals surface area contributed by atoms with E-state index in [2.05, 4.69) is 0 Å². The van der Waals surface area contributed by atoms with Gasteiger partial charge >= 0.3 is 0 Å². The van der Waals surface area contributed by atoms with Crippen LogP contribution in [0.2, 0.25) is 0 Å². The van der Waals surface area contributed by atoms with Gasteiger partial charge in [0.2, 0.25) is 0 Å². The number of fused-ring (bicyclic) bond motifs is 1. The maximum absolute atomic E-state index is 11.8. The summed E-state index contributed by atoms with van der Waals surface area (Å²) in [6.45, 7) is -1.13. The number of phenols is 2. The fourth-order valence-corrected chi connectivity index (χ4v) is 5.11. The molecular weight excluding hydrogens is 476 g/mol. The lowest BCUT2D eigenvalue weighted by Gasteiger charge is -2.46. The van der Waals surface area contributed by atoms with Gasteiger partial charge in [0.05, 0.1) is 33.0 Å². The third kappa shape index (κ3) is 4.71. The highest BCUT2D eigenvalue weighted by Gasteiger charge is 2.49. The second kappa shape index (κ2) is 10.4. The van der Waals surface area contributed by atoms with Crippen LogP contribution in [0.4, 0.5) is 0 Å². The quantitative estimate of drug-likeness (QED) is 0.259. The molecule has 0 radical (unpaired) electrons. The molecule has 1 fully saturated rings. The molecule has 1 aliphatic heterocycles. The number of aliphatic hydroxyl groups is 5. The summed E-state index contributed by atoms with van der Waals surface area (Å²) in [6.07, 6.45) is -5.61. The van der Waals surface area contributed by atoms with Crippen LogP contribution in [-0.2, 0) is 15.9 Å². The van der Waals surface area contributed by atoms with Crippen LogP contribution in [0.5, 0.6) is 23.0 Å². The summed E-state index contributed by atoms with van der Waals surface area (Å²) in [5, 5.41) is 72.8. The Morgan fingerprint density at radius 2 is 1.67 bits per heavy atom. The van der Waals surface area contributed by atoms with Crippen LogP contribution in [-0.4, -0.2) is 100.0 Å². The molecule has 0 saturated carbocycles. The van der Waals surface area contributed by atoms with Crippen LogP contribution in [0, 0.1) is 5.92 Å². The van der Waals surface area contributed by atoms with Crippen molar-refractivity contribution < 1.29 is 54.7 Å². The van der Waals surface area contributed by atoms with Gasteiger partial charge in [-0.05, 0) is 41.0 Å². The number of aromatic hydroxyl groups is 2. The number of phenolic OH excluding ortho intramolecular Hbond substituents is 2. The Kier molecular flexibility index (Phi) is 7.62. The van der Waals surface area contributed by atoms with Crippen LogP contribution in [0.1, 0.15) is 22.6 Å². The number of hydrogen-bond donors (Lipinski definition) is 7. The highest BCUT2D eigenvalue weighted by atomic mass is 16.7. The van der Waals surface area contributed by atoms with E-state index in [1.807, 2.05) is 0 Å². The second-order valence-corrected chi connectivity index (χ2v) is 9.26. The standard InChI is InChI=1S/C25H32O11/c1-33-19-5-12(3-4-16(19)27)21-14-7-17(28)20(34-2)6-13(14)8-25(32,15(21)9-26)11-36-24-23(31)22(30)18(29)10-35-24/h3-7,15,18,21-24,26-32H,8-11H2,1-2H3. The Balaban J connectivity index is 1.74. The van der Waals surface area contributed by atoms with Gasteiger partial charge in [0, 0.05) is 24.9 Å². The molecule has 2 aromatic rings. The molecule has 36 heavy (non-hydrogen) atoms. The Hall–Kier alpha value is -2.64. The number of methoxy groups -OCH3 is 2. The zero-order valence-electron chi connectivity index (χ0n) is 19.9. The van der Waals surface area contributed by atoms with E-state index >= 15 is 0 Å². The lowest BCUT2D eigenvalue weighted by Crippen LogP contribution is -2.57. The normalized spacial score (nSPS) is 32.1. The van der Waals surface area contributed by atoms with E-state index in [-0.39, 0.29) is 36.0 Å². The molecule has 4 rings (SSSR count). The number of ether oxygens (including phenoxy) is 4. The number of rotatable bonds is 7. The van der Waals surface area contributed by atoms with Crippen LogP contribution >= 0.6 is 0 Å². The highest BCUT2D eigenvalue weighted by molar-refractivity contribution is 5.54. The number of benzene rings is 2. The Morgan fingerprint density at radius 3 is 2.33 bits per heavy atom. The molecule has 7 atom stereocenters. The fraction of sp³-hybridized carbons (Fsp3) is 0.520. The third-order valence-electron chi connectivity index (χ3n) is 7.08. The first-order valence-corrected chi connectivity index (χ1v) is 11.5. The fourth-order valence-electron chi connectivity index (χ4n) is 5.11. The molecule has 2 aliphatic rings. The van der Waals surface area contributed by atoms with E-state index in [9.17, 15) is 35.7 Å².